The van der Waals surface area contributed by atoms with Crippen molar-refractivity contribution in [2.24, 2.45) is 0 Å². The van der Waals surface area contributed by atoms with Crippen LogP contribution in [-0.4, -0.2) is 60.7 Å². The monoisotopic (exact) mass is 296 g/mol. The topological polar surface area (TPSA) is 108 Å². The molecule has 2 rings (SSSR count). The molecule has 0 bridgehead atoms. The summed E-state index contributed by atoms with van der Waals surface area (Å²) in [6.07, 6.45) is 2.19. The molecule has 0 aromatic heterocycles. The molecule has 2 heterocycles. The number of carbonyl (C=O) groups excluding carboxylic acids is 4. The Balaban J connectivity index is 1.56. The number of carbonyl (C=O) groups is 4. The molecule has 116 valence electrons. The van der Waals surface area contributed by atoms with Crippen molar-refractivity contribution < 1.29 is 19.2 Å². The summed E-state index contributed by atoms with van der Waals surface area (Å²) in [6, 6.07) is -0.463. The van der Waals surface area contributed by atoms with E-state index in [1.807, 2.05) is 0 Å². The van der Waals surface area contributed by atoms with E-state index in [0.29, 0.717) is 38.9 Å². The molecular weight excluding hydrogens is 276 g/mol. The number of hydrogen-bond donors (Lipinski definition) is 3. The Morgan fingerprint density at radius 3 is 2.57 bits per heavy atom. The van der Waals surface area contributed by atoms with Crippen LogP contribution in [0.15, 0.2) is 0 Å². The van der Waals surface area contributed by atoms with Gasteiger partial charge >= 0.3 is 0 Å². The van der Waals surface area contributed by atoms with Gasteiger partial charge in [-0.05, 0) is 12.8 Å². The van der Waals surface area contributed by atoms with Crippen LogP contribution in [0.5, 0.6) is 0 Å². The minimum absolute atomic E-state index is 0.00966. The first kappa shape index (κ1) is 15.3. The van der Waals surface area contributed by atoms with Crippen molar-refractivity contribution in [3.05, 3.63) is 0 Å². The fraction of sp³-hybridized carbons (Fsp3) is 0.692. The second kappa shape index (κ2) is 7.05. The highest BCUT2D eigenvalue weighted by molar-refractivity contribution is 5.90. The Labute approximate surface area is 122 Å². The first-order chi connectivity index (χ1) is 10.1. The summed E-state index contributed by atoms with van der Waals surface area (Å²) in [7, 11) is 0. The van der Waals surface area contributed by atoms with Gasteiger partial charge in [-0.1, -0.05) is 0 Å². The molecule has 0 aromatic carbocycles. The maximum Gasteiger partial charge on any atom is 0.242 e. The van der Waals surface area contributed by atoms with E-state index < -0.39 is 6.04 Å². The molecule has 4 amide bonds. The Morgan fingerprint density at radius 2 is 1.95 bits per heavy atom. The van der Waals surface area contributed by atoms with Crippen LogP contribution in [0, 0.1) is 0 Å². The number of nitrogens with zero attached hydrogens (tertiary/aromatic N) is 1. The van der Waals surface area contributed by atoms with Crippen LogP contribution in [0.2, 0.25) is 0 Å². The highest BCUT2D eigenvalue weighted by atomic mass is 16.2. The van der Waals surface area contributed by atoms with Gasteiger partial charge in [0.05, 0.1) is 6.54 Å². The normalized spacial score (nSPS) is 21.3. The van der Waals surface area contributed by atoms with Crippen molar-refractivity contribution in [2.75, 3.05) is 26.2 Å². The molecule has 0 radical (unpaired) electrons. The molecular formula is C13H20N4O4. The molecule has 0 spiro atoms. The van der Waals surface area contributed by atoms with Gasteiger partial charge in [-0.25, -0.2) is 0 Å². The van der Waals surface area contributed by atoms with Gasteiger partial charge in [0.1, 0.15) is 6.04 Å². The zero-order valence-electron chi connectivity index (χ0n) is 11.8. The van der Waals surface area contributed by atoms with E-state index in [2.05, 4.69) is 16.0 Å². The molecule has 0 aromatic rings. The maximum atomic E-state index is 11.7. The van der Waals surface area contributed by atoms with Crippen LogP contribution in [0.25, 0.3) is 0 Å². The number of rotatable bonds is 6. The Kier molecular flexibility index (Phi) is 5.13. The molecule has 3 N–H and O–H groups in total. The van der Waals surface area contributed by atoms with E-state index in [-0.39, 0.29) is 30.2 Å². The zero-order chi connectivity index (χ0) is 15.2. The summed E-state index contributed by atoms with van der Waals surface area (Å²) in [4.78, 5) is 47.2. The molecule has 2 fully saturated rings. The quantitative estimate of drug-likeness (QED) is 0.499. The Morgan fingerprint density at radius 1 is 1.19 bits per heavy atom. The zero-order valence-corrected chi connectivity index (χ0v) is 11.8. The van der Waals surface area contributed by atoms with Gasteiger partial charge in [-0.3, -0.25) is 19.2 Å². The third-order valence-corrected chi connectivity index (χ3v) is 3.56. The lowest BCUT2D eigenvalue weighted by molar-refractivity contribution is -0.133. The standard InChI is InChI=1S/C13H20N4O4/c18-10-4-3-9(16-10)13(21)15-6-5-14-11(19)8-17-7-1-2-12(17)20/h9H,1-8H2,(H,14,19)(H,15,21)(H,16,18)/t9-/m0/s1. The molecule has 0 unspecified atom stereocenters. The largest absolute Gasteiger partial charge is 0.353 e. The molecule has 0 aliphatic carbocycles. The molecule has 2 aliphatic heterocycles. The summed E-state index contributed by atoms with van der Waals surface area (Å²) in [5.74, 6) is -0.562. The van der Waals surface area contributed by atoms with Gasteiger partial charge in [0.25, 0.3) is 0 Å². The van der Waals surface area contributed by atoms with Gasteiger partial charge in [-0.15, -0.1) is 0 Å². The van der Waals surface area contributed by atoms with Crippen molar-refractivity contribution in [2.45, 2.75) is 31.7 Å². The maximum absolute atomic E-state index is 11.7. The van der Waals surface area contributed by atoms with E-state index in [1.165, 1.54) is 4.90 Å². The first-order valence-corrected chi connectivity index (χ1v) is 7.18. The molecule has 2 aliphatic rings. The van der Waals surface area contributed by atoms with Crippen LogP contribution in [-0.2, 0) is 19.2 Å². The predicted molar refractivity (Wildman–Crippen MR) is 73.0 cm³/mol. The summed E-state index contributed by atoms with van der Waals surface area (Å²) in [6.45, 7) is 1.30. The van der Waals surface area contributed by atoms with E-state index in [9.17, 15) is 19.2 Å². The van der Waals surface area contributed by atoms with Crippen LogP contribution >= 0.6 is 0 Å². The fourth-order valence-corrected chi connectivity index (χ4v) is 2.42. The highest BCUT2D eigenvalue weighted by Crippen LogP contribution is 2.08. The molecule has 21 heavy (non-hydrogen) atoms. The number of amides is 4. The van der Waals surface area contributed by atoms with Gasteiger partial charge in [0, 0.05) is 32.5 Å². The number of hydrogen-bond acceptors (Lipinski definition) is 4. The average molecular weight is 296 g/mol. The predicted octanol–water partition coefficient (Wildman–Crippen LogP) is -1.88. The Hall–Kier alpha value is -2.12. The lowest BCUT2D eigenvalue weighted by Gasteiger charge is -2.15. The van der Waals surface area contributed by atoms with Crippen molar-refractivity contribution in [1.82, 2.24) is 20.9 Å². The van der Waals surface area contributed by atoms with Crippen molar-refractivity contribution in [3.63, 3.8) is 0 Å². The second-order valence-electron chi connectivity index (χ2n) is 5.22. The van der Waals surface area contributed by atoms with Crippen LogP contribution in [0.1, 0.15) is 25.7 Å². The summed E-state index contributed by atoms with van der Waals surface area (Å²) < 4.78 is 0. The lowest BCUT2D eigenvalue weighted by atomic mass is 10.2. The molecule has 1 atom stereocenters. The molecule has 8 heteroatoms. The summed E-state index contributed by atoms with van der Waals surface area (Å²) in [5.41, 5.74) is 0. The molecule has 0 saturated carbocycles. The molecule has 8 nitrogen and oxygen atoms in total. The van der Waals surface area contributed by atoms with Crippen molar-refractivity contribution in [1.29, 1.82) is 0 Å². The van der Waals surface area contributed by atoms with E-state index in [4.69, 9.17) is 0 Å². The van der Waals surface area contributed by atoms with Gasteiger partial charge < -0.3 is 20.9 Å². The van der Waals surface area contributed by atoms with Crippen molar-refractivity contribution >= 4 is 23.6 Å². The third-order valence-electron chi connectivity index (χ3n) is 3.56. The van der Waals surface area contributed by atoms with Crippen LogP contribution < -0.4 is 16.0 Å². The smallest absolute Gasteiger partial charge is 0.242 e. The third kappa shape index (κ3) is 4.44. The minimum Gasteiger partial charge on any atom is -0.353 e. The van der Waals surface area contributed by atoms with E-state index in [1.54, 1.807) is 0 Å². The summed E-state index contributed by atoms with van der Waals surface area (Å²) in [5, 5.41) is 7.88. The van der Waals surface area contributed by atoms with Crippen LogP contribution in [0.4, 0.5) is 0 Å². The first-order valence-electron chi connectivity index (χ1n) is 7.18. The van der Waals surface area contributed by atoms with E-state index in [0.717, 1.165) is 6.42 Å². The SMILES string of the molecule is O=C(CN1CCCC1=O)NCCNC(=O)[C@@H]1CCC(=O)N1. The lowest BCUT2D eigenvalue weighted by Crippen LogP contribution is -2.45. The van der Waals surface area contributed by atoms with Gasteiger partial charge in [0.2, 0.25) is 23.6 Å². The average Bonchev–Trinajstić information content (AvgIpc) is 3.04. The number of likely N-dealkylation sites (tertiary alicyclic amines) is 1. The Bertz CT molecular complexity index is 451. The fourth-order valence-electron chi connectivity index (χ4n) is 2.42. The molecule has 2 saturated heterocycles. The number of nitrogens with one attached hydrogen (secondary N) is 3. The van der Waals surface area contributed by atoms with Crippen LogP contribution in [0.3, 0.4) is 0 Å². The van der Waals surface area contributed by atoms with Crippen molar-refractivity contribution in [3.8, 4) is 0 Å². The second-order valence-corrected chi connectivity index (χ2v) is 5.22. The highest BCUT2D eigenvalue weighted by Gasteiger charge is 2.26. The van der Waals surface area contributed by atoms with Gasteiger partial charge in [0.15, 0.2) is 0 Å². The summed E-state index contributed by atoms with van der Waals surface area (Å²) >= 11 is 0. The minimum atomic E-state index is -0.463. The van der Waals surface area contributed by atoms with E-state index >= 15 is 0 Å². The van der Waals surface area contributed by atoms with Gasteiger partial charge in [-0.2, -0.15) is 0 Å².